The molecule has 0 fully saturated rings. The van der Waals surface area contributed by atoms with Crippen LogP contribution in [0.3, 0.4) is 0 Å². The quantitative estimate of drug-likeness (QED) is 0.399. The molecule has 154 valence electrons. The van der Waals surface area contributed by atoms with E-state index in [1.807, 2.05) is 19.0 Å². The molecule has 3 rings (SSSR count). The van der Waals surface area contributed by atoms with Crippen molar-refractivity contribution in [3.8, 4) is 0 Å². The fourth-order valence-electron chi connectivity index (χ4n) is 3.26. The molecule has 1 aliphatic heterocycles. The molecule has 0 amide bonds. The fourth-order valence-corrected chi connectivity index (χ4v) is 4.01. The molecule has 0 spiro atoms. The molecule has 0 atom stereocenters. The smallest absolute Gasteiger partial charge is 0.191 e. The molecule has 0 saturated carbocycles. The van der Waals surface area contributed by atoms with Crippen LogP contribution in [0.4, 0.5) is 5.13 Å². The summed E-state index contributed by atoms with van der Waals surface area (Å²) in [4.78, 5) is 11.3. The van der Waals surface area contributed by atoms with E-state index in [1.54, 1.807) is 11.3 Å². The maximum atomic E-state index is 4.66. The number of nitrogens with zero attached hydrogens (tertiary/aromatic N) is 6. The van der Waals surface area contributed by atoms with Crippen LogP contribution in [0.1, 0.15) is 49.9 Å². The van der Waals surface area contributed by atoms with Gasteiger partial charge < -0.3 is 20.1 Å². The Morgan fingerprint density at radius 1 is 1.25 bits per heavy atom. The van der Waals surface area contributed by atoms with Crippen molar-refractivity contribution >= 4 is 22.4 Å². The van der Waals surface area contributed by atoms with Gasteiger partial charge in [-0.05, 0) is 26.2 Å². The van der Waals surface area contributed by atoms with Crippen LogP contribution in [0.2, 0.25) is 0 Å². The lowest BCUT2D eigenvalue weighted by molar-refractivity contribution is 0.594. The number of nitrogens with one attached hydrogen (secondary N) is 2. The van der Waals surface area contributed by atoms with Crippen LogP contribution in [0, 0.1) is 0 Å². The lowest BCUT2D eigenvalue weighted by Gasteiger charge is -2.11. The normalized spacial score (nSPS) is 14.5. The Hall–Kier alpha value is -2.16. The lowest BCUT2D eigenvalue weighted by Crippen LogP contribution is -2.38. The first kappa shape index (κ1) is 20.6. The van der Waals surface area contributed by atoms with Crippen molar-refractivity contribution in [2.24, 2.45) is 4.99 Å². The van der Waals surface area contributed by atoms with Gasteiger partial charge in [-0.2, -0.15) is 0 Å². The van der Waals surface area contributed by atoms with Crippen LogP contribution in [0.5, 0.6) is 0 Å². The van der Waals surface area contributed by atoms with Crippen LogP contribution in [-0.2, 0) is 25.9 Å². The van der Waals surface area contributed by atoms with Gasteiger partial charge >= 0.3 is 0 Å². The summed E-state index contributed by atoms with van der Waals surface area (Å²) < 4.78 is 2.33. The predicted molar refractivity (Wildman–Crippen MR) is 115 cm³/mol. The Morgan fingerprint density at radius 2 is 2.14 bits per heavy atom. The number of guanidine groups is 1. The van der Waals surface area contributed by atoms with E-state index in [1.165, 1.54) is 19.3 Å². The van der Waals surface area contributed by atoms with E-state index in [9.17, 15) is 0 Å². The maximum absolute atomic E-state index is 4.66. The highest BCUT2D eigenvalue weighted by atomic mass is 32.1. The highest BCUT2D eigenvalue weighted by molar-refractivity contribution is 7.13. The van der Waals surface area contributed by atoms with Gasteiger partial charge in [0.15, 0.2) is 11.1 Å². The molecular formula is C19H32N8S. The van der Waals surface area contributed by atoms with Crippen molar-refractivity contribution in [3.63, 3.8) is 0 Å². The molecular weight excluding hydrogens is 372 g/mol. The molecule has 9 heteroatoms. The summed E-state index contributed by atoms with van der Waals surface area (Å²) in [6.45, 7) is 5.42. The van der Waals surface area contributed by atoms with Crippen molar-refractivity contribution in [2.45, 2.75) is 58.5 Å². The fraction of sp³-hybridized carbons (Fsp3) is 0.684. The summed E-state index contributed by atoms with van der Waals surface area (Å²) in [6, 6.07) is 0. The zero-order valence-electron chi connectivity index (χ0n) is 17.2. The molecule has 0 unspecified atom stereocenters. The summed E-state index contributed by atoms with van der Waals surface area (Å²) in [5.41, 5.74) is 0.997. The van der Waals surface area contributed by atoms with E-state index in [4.69, 9.17) is 0 Å². The second kappa shape index (κ2) is 10.4. The minimum atomic E-state index is 0.581. The molecule has 0 aromatic carbocycles. The number of fused-ring (bicyclic) bond motifs is 1. The number of thiazole rings is 1. The number of aromatic nitrogens is 4. The second-order valence-electron chi connectivity index (χ2n) is 7.24. The molecule has 3 heterocycles. The van der Waals surface area contributed by atoms with E-state index in [0.717, 1.165) is 67.3 Å². The van der Waals surface area contributed by atoms with Gasteiger partial charge in [0.05, 0.1) is 12.2 Å². The van der Waals surface area contributed by atoms with Crippen LogP contribution in [0.25, 0.3) is 0 Å². The number of hydrogen-bond donors (Lipinski definition) is 2. The minimum Gasteiger partial charge on any atom is -0.357 e. The average Bonchev–Trinajstić information content (AvgIpc) is 3.24. The van der Waals surface area contributed by atoms with Gasteiger partial charge in [-0.25, -0.2) is 9.98 Å². The molecule has 0 radical (unpaired) electrons. The Morgan fingerprint density at radius 3 is 2.93 bits per heavy atom. The van der Waals surface area contributed by atoms with Crippen molar-refractivity contribution in [2.75, 3.05) is 32.1 Å². The van der Waals surface area contributed by atoms with Gasteiger partial charge in [0, 0.05) is 52.0 Å². The molecule has 8 nitrogen and oxygen atoms in total. The van der Waals surface area contributed by atoms with E-state index in [-0.39, 0.29) is 0 Å². The second-order valence-corrected chi connectivity index (χ2v) is 8.07. The molecule has 0 aliphatic carbocycles. The van der Waals surface area contributed by atoms with E-state index in [0.29, 0.717) is 6.54 Å². The zero-order valence-corrected chi connectivity index (χ0v) is 18.1. The van der Waals surface area contributed by atoms with Gasteiger partial charge in [0.25, 0.3) is 0 Å². The third-order valence-corrected chi connectivity index (χ3v) is 5.78. The van der Waals surface area contributed by atoms with E-state index in [2.05, 4.69) is 47.7 Å². The third-order valence-electron chi connectivity index (χ3n) is 4.72. The number of aryl methyl sites for hydroxylation is 2. The average molecular weight is 405 g/mol. The van der Waals surface area contributed by atoms with Crippen molar-refractivity contribution < 1.29 is 0 Å². The van der Waals surface area contributed by atoms with E-state index >= 15 is 0 Å². The Balaban J connectivity index is 1.47. The molecule has 28 heavy (non-hydrogen) atoms. The Bertz CT molecular complexity index is 764. The zero-order chi connectivity index (χ0) is 19.8. The SMILES string of the molecule is CCNC(=NCc1csc(N(C)C)n1)NCCCc1nnc2n1CCCCC2. The summed E-state index contributed by atoms with van der Waals surface area (Å²) >= 11 is 1.64. The molecule has 2 aromatic heterocycles. The van der Waals surface area contributed by atoms with Gasteiger partial charge in [-0.15, -0.1) is 21.5 Å². The first-order valence-corrected chi connectivity index (χ1v) is 11.1. The van der Waals surface area contributed by atoms with Gasteiger partial charge in [-0.3, -0.25) is 0 Å². The van der Waals surface area contributed by atoms with Crippen LogP contribution >= 0.6 is 11.3 Å². The van der Waals surface area contributed by atoms with Crippen molar-refractivity contribution in [1.29, 1.82) is 0 Å². The number of anilines is 1. The van der Waals surface area contributed by atoms with Crippen LogP contribution < -0.4 is 15.5 Å². The third kappa shape index (κ3) is 5.67. The molecule has 0 saturated heterocycles. The van der Waals surface area contributed by atoms with Gasteiger partial charge in [-0.1, -0.05) is 6.42 Å². The topological polar surface area (TPSA) is 83.3 Å². The number of rotatable bonds is 8. The largest absolute Gasteiger partial charge is 0.357 e. The van der Waals surface area contributed by atoms with Crippen LogP contribution in [0.15, 0.2) is 10.4 Å². The standard InChI is InChI=1S/C19H32N8S/c1-4-20-18(22-13-15-14-28-19(23-15)26(2)3)21-11-8-10-17-25-24-16-9-6-5-7-12-27(16)17/h14H,4-13H2,1-3H3,(H2,20,21,22). The summed E-state index contributed by atoms with van der Waals surface area (Å²) in [5, 5.41) is 18.6. The summed E-state index contributed by atoms with van der Waals surface area (Å²) in [5.74, 6) is 3.12. The predicted octanol–water partition coefficient (Wildman–Crippen LogP) is 2.21. The number of aliphatic imine (C=N–C) groups is 1. The van der Waals surface area contributed by atoms with Crippen LogP contribution in [-0.4, -0.2) is 52.9 Å². The number of hydrogen-bond acceptors (Lipinski definition) is 6. The van der Waals surface area contributed by atoms with Crippen molar-refractivity contribution in [3.05, 3.63) is 22.7 Å². The summed E-state index contributed by atoms with van der Waals surface area (Å²) in [7, 11) is 4.01. The molecule has 2 N–H and O–H groups in total. The maximum Gasteiger partial charge on any atom is 0.191 e. The minimum absolute atomic E-state index is 0.581. The first-order chi connectivity index (χ1) is 13.7. The van der Waals surface area contributed by atoms with E-state index < -0.39 is 0 Å². The highest BCUT2D eigenvalue weighted by Gasteiger charge is 2.14. The van der Waals surface area contributed by atoms with Crippen molar-refractivity contribution in [1.82, 2.24) is 30.4 Å². The monoisotopic (exact) mass is 404 g/mol. The summed E-state index contributed by atoms with van der Waals surface area (Å²) in [6.07, 6.45) is 6.77. The molecule has 1 aliphatic rings. The first-order valence-electron chi connectivity index (χ1n) is 10.2. The Kier molecular flexibility index (Phi) is 7.64. The molecule has 2 aromatic rings. The van der Waals surface area contributed by atoms with Gasteiger partial charge in [0.1, 0.15) is 11.6 Å². The highest BCUT2D eigenvalue weighted by Crippen LogP contribution is 2.18. The molecule has 0 bridgehead atoms. The Labute approximate surface area is 171 Å². The van der Waals surface area contributed by atoms with Gasteiger partial charge in [0.2, 0.25) is 0 Å². The lowest BCUT2D eigenvalue weighted by atomic mass is 10.2.